The number of carbonyl (C=O) groups excluding carboxylic acids is 1. The van der Waals surface area contributed by atoms with Gasteiger partial charge in [-0.15, -0.1) is 5.10 Å². The van der Waals surface area contributed by atoms with E-state index in [-0.39, 0.29) is 11.7 Å². The molecule has 37 heavy (non-hydrogen) atoms. The summed E-state index contributed by atoms with van der Waals surface area (Å²) in [6.45, 7) is 5.85. The van der Waals surface area contributed by atoms with Crippen molar-refractivity contribution < 1.29 is 9.18 Å². The van der Waals surface area contributed by atoms with Gasteiger partial charge in [0.1, 0.15) is 11.9 Å². The first kappa shape index (κ1) is 25.0. The van der Waals surface area contributed by atoms with E-state index in [9.17, 15) is 9.18 Å². The molecule has 3 aromatic carbocycles. The van der Waals surface area contributed by atoms with Crippen LogP contribution in [0.4, 0.5) is 16.0 Å². The summed E-state index contributed by atoms with van der Waals surface area (Å²) in [5, 5.41) is 12.1. The van der Waals surface area contributed by atoms with Crippen LogP contribution in [0.5, 0.6) is 0 Å². The van der Waals surface area contributed by atoms with Gasteiger partial charge in [0.25, 0.3) is 5.91 Å². The summed E-state index contributed by atoms with van der Waals surface area (Å²) in [5.41, 5.74) is 5.47. The fourth-order valence-corrected chi connectivity index (χ4v) is 5.22. The van der Waals surface area contributed by atoms with E-state index >= 15 is 0 Å². The second-order valence-corrected chi connectivity index (χ2v) is 10.2. The number of anilines is 2. The number of thioether (sulfide) groups is 1. The lowest BCUT2D eigenvalue weighted by molar-refractivity contribution is -0.113. The molecule has 0 saturated carbocycles. The number of hydrogen-bond acceptors (Lipinski definition) is 5. The van der Waals surface area contributed by atoms with Crippen molar-refractivity contribution in [1.82, 2.24) is 14.8 Å². The Bertz CT molecular complexity index is 1520. The molecule has 5 rings (SSSR count). The highest BCUT2D eigenvalue weighted by atomic mass is 35.5. The molecule has 1 aliphatic heterocycles. The van der Waals surface area contributed by atoms with Gasteiger partial charge in [0.05, 0.1) is 5.57 Å². The molecule has 0 saturated heterocycles. The number of aromatic nitrogens is 3. The van der Waals surface area contributed by atoms with E-state index < -0.39 is 6.04 Å². The first-order chi connectivity index (χ1) is 17.8. The van der Waals surface area contributed by atoms with Crippen molar-refractivity contribution in [2.75, 3.05) is 10.6 Å². The van der Waals surface area contributed by atoms with Gasteiger partial charge in [0, 0.05) is 22.2 Å². The Labute approximate surface area is 224 Å². The maximum Gasteiger partial charge on any atom is 0.255 e. The van der Waals surface area contributed by atoms with Gasteiger partial charge < -0.3 is 10.6 Å². The molecule has 0 fully saturated rings. The molecule has 2 heterocycles. The van der Waals surface area contributed by atoms with E-state index in [0.29, 0.717) is 38.7 Å². The summed E-state index contributed by atoms with van der Waals surface area (Å²) in [6.07, 6.45) is 0. The molecule has 0 bridgehead atoms. The van der Waals surface area contributed by atoms with Crippen LogP contribution in [0, 0.1) is 19.7 Å². The van der Waals surface area contributed by atoms with E-state index in [4.69, 9.17) is 16.7 Å². The van der Waals surface area contributed by atoms with Gasteiger partial charge in [0.2, 0.25) is 11.1 Å². The number of rotatable bonds is 6. The van der Waals surface area contributed by atoms with Crippen molar-refractivity contribution in [1.29, 1.82) is 0 Å². The van der Waals surface area contributed by atoms with Gasteiger partial charge in [-0.1, -0.05) is 65.8 Å². The lowest BCUT2D eigenvalue weighted by Crippen LogP contribution is -2.31. The molecule has 0 radical (unpaired) electrons. The van der Waals surface area contributed by atoms with Crippen molar-refractivity contribution in [3.63, 3.8) is 0 Å². The topological polar surface area (TPSA) is 71.8 Å². The highest BCUT2D eigenvalue weighted by molar-refractivity contribution is 7.98. The molecule has 1 unspecified atom stereocenters. The Hall–Kier alpha value is -3.62. The summed E-state index contributed by atoms with van der Waals surface area (Å²) in [5.74, 6) is 0.393. The van der Waals surface area contributed by atoms with Crippen LogP contribution in [-0.2, 0) is 10.5 Å². The van der Waals surface area contributed by atoms with Gasteiger partial charge in [-0.3, -0.25) is 4.79 Å². The van der Waals surface area contributed by atoms with Crippen LogP contribution in [0.2, 0.25) is 5.02 Å². The van der Waals surface area contributed by atoms with Crippen molar-refractivity contribution in [3.05, 3.63) is 111 Å². The molecule has 0 aliphatic carbocycles. The Balaban J connectivity index is 1.50. The third-order valence-electron chi connectivity index (χ3n) is 6.43. The zero-order chi connectivity index (χ0) is 26.1. The minimum absolute atomic E-state index is 0.236. The second kappa shape index (κ2) is 10.4. The minimum atomic E-state index is -0.533. The third kappa shape index (κ3) is 5.12. The number of nitrogens with zero attached hydrogens (tertiary/aromatic N) is 3. The first-order valence-corrected chi connectivity index (χ1v) is 13.1. The Morgan fingerprint density at radius 2 is 1.84 bits per heavy atom. The number of nitrogens with one attached hydrogen (secondary N) is 2. The van der Waals surface area contributed by atoms with Crippen LogP contribution in [0.1, 0.15) is 35.2 Å². The maximum atomic E-state index is 14.1. The molecule has 0 spiro atoms. The largest absolute Gasteiger partial charge is 0.328 e. The number of benzene rings is 3. The van der Waals surface area contributed by atoms with E-state index in [0.717, 1.165) is 22.4 Å². The maximum absolute atomic E-state index is 14.1. The zero-order valence-corrected chi connectivity index (χ0v) is 22.1. The van der Waals surface area contributed by atoms with Crippen LogP contribution in [0.3, 0.4) is 0 Å². The third-order valence-corrected chi connectivity index (χ3v) is 7.57. The normalized spacial score (nSPS) is 14.8. The monoisotopic (exact) mass is 533 g/mol. The molecule has 1 amide bonds. The van der Waals surface area contributed by atoms with E-state index in [1.807, 2.05) is 51.1 Å². The van der Waals surface area contributed by atoms with E-state index in [1.165, 1.54) is 17.8 Å². The molecule has 2 N–H and O–H groups in total. The predicted molar refractivity (Wildman–Crippen MR) is 146 cm³/mol. The second-order valence-electron chi connectivity index (χ2n) is 8.86. The molecular weight excluding hydrogens is 509 g/mol. The molecule has 9 heteroatoms. The number of aryl methyl sites for hydroxylation is 1. The smallest absolute Gasteiger partial charge is 0.255 e. The van der Waals surface area contributed by atoms with Crippen LogP contribution in [0.25, 0.3) is 0 Å². The standard InChI is InChI=1S/C28H25ClFN5OS/c1-16-7-6-10-23(17(16)2)32-26(36)24-18(3)31-27-33-28(37-15-20-8-4-5-9-22(20)30)34-35(27)25(24)19-11-13-21(29)14-12-19/h4-14,25H,15H2,1-3H3,(H,32,36)(H,31,33,34). The highest BCUT2D eigenvalue weighted by Gasteiger charge is 2.34. The summed E-state index contributed by atoms with van der Waals surface area (Å²) in [7, 11) is 0. The number of fused-ring (bicyclic) bond motifs is 1. The van der Waals surface area contributed by atoms with Gasteiger partial charge in [0.15, 0.2) is 0 Å². The average Bonchev–Trinajstić information content (AvgIpc) is 3.28. The predicted octanol–water partition coefficient (Wildman–Crippen LogP) is 6.91. The lowest BCUT2D eigenvalue weighted by Gasteiger charge is -2.29. The quantitative estimate of drug-likeness (QED) is 0.263. The van der Waals surface area contributed by atoms with Crippen LogP contribution >= 0.6 is 23.4 Å². The van der Waals surface area contributed by atoms with Gasteiger partial charge in [-0.25, -0.2) is 9.07 Å². The van der Waals surface area contributed by atoms with Gasteiger partial charge in [-0.05, 0) is 67.3 Å². The molecule has 6 nitrogen and oxygen atoms in total. The summed E-state index contributed by atoms with van der Waals surface area (Å²) < 4.78 is 15.8. The molecule has 1 atom stereocenters. The van der Waals surface area contributed by atoms with E-state index in [2.05, 4.69) is 15.6 Å². The van der Waals surface area contributed by atoms with Crippen molar-refractivity contribution in [3.8, 4) is 0 Å². The molecule has 188 valence electrons. The summed E-state index contributed by atoms with van der Waals surface area (Å²) in [6, 6.07) is 19.3. The molecule has 4 aromatic rings. The van der Waals surface area contributed by atoms with E-state index in [1.54, 1.807) is 35.0 Å². The van der Waals surface area contributed by atoms with Crippen molar-refractivity contribution in [2.24, 2.45) is 0 Å². The van der Waals surface area contributed by atoms with Gasteiger partial charge in [-0.2, -0.15) is 4.98 Å². The van der Waals surface area contributed by atoms with Gasteiger partial charge >= 0.3 is 0 Å². The lowest BCUT2D eigenvalue weighted by atomic mass is 9.95. The zero-order valence-electron chi connectivity index (χ0n) is 20.5. The minimum Gasteiger partial charge on any atom is -0.328 e. The molecule has 1 aromatic heterocycles. The summed E-state index contributed by atoms with van der Waals surface area (Å²) >= 11 is 7.50. The fraction of sp³-hybridized carbons (Fsp3) is 0.179. The van der Waals surface area contributed by atoms with Crippen LogP contribution in [0.15, 0.2) is 83.2 Å². The number of hydrogen-bond donors (Lipinski definition) is 2. The number of carbonyl (C=O) groups is 1. The number of halogens is 2. The van der Waals surface area contributed by atoms with Crippen molar-refractivity contribution >= 4 is 40.9 Å². The Morgan fingerprint density at radius 1 is 1.08 bits per heavy atom. The highest BCUT2D eigenvalue weighted by Crippen LogP contribution is 2.37. The SMILES string of the molecule is CC1=C(C(=O)Nc2cccc(C)c2C)C(c2ccc(Cl)cc2)n2nc(SCc3ccccc3F)nc2N1. The molecule has 1 aliphatic rings. The Morgan fingerprint density at radius 3 is 2.59 bits per heavy atom. The summed E-state index contributed by atoms with van der Waals surface area (Å²) in [4.78, 5) is 18.3. The fourth-order valence-electron chi connectivity index (χ4n) is 4.27. The first-order valence-electron chi connectivity index (χ1n) is 11.8. The molecular formula is C28H25ClFN5OS. The Kier molecular flexibility index (Phi) is 7.04. The average molecular weight is 534 g/mol. The van der Waals surface area contributed by atoms with Crippen molar-refractivity contribution in [2.45, 2.75) is 37.7 Å². The van der Waals surface area contributed by atoms with Crippen LogP contribution < -0.4 is 10.6 Å². The number of allylic oxidation sites excluding steroid dienone is 1. The van der Waals surface area contributed by atoms with Crippen LogP contribution in [-0.4, -0.2) is 20.7 Å². The number of amides is 1.